The third-order valence-corrected chi connectivity index (χ3v) is 5.95. The molecule has 2 aromatic rings. The highest BCUT2D eigenvalue weighted by atomic mass is 19.1. The lowest BCUT2D eigenvalue weighted by Gasteiger charge is -2.37. The Morgan fingerprint density at radius 3 is 2.65 bits per heavy atom. The maximum atomic E-state index is 14.9. The van der Waals surface area contributed by atoms with Crippen molar-refractivity contribution in [1.82, 2.24) is 4.90 Å². The molecule has 4 rings (SSSR count). The summed E-state index contributed by atoms with van der Waals surface area (Å²) in [5, 5.41) is 2.87. The molecule has 7 heteroatoms. The average Bonchev–Trinajstić information content (AvgIpc) is 3.23. The second-order valence-corrected chi connectivity index (χ2v) is 8.39. The van der Waals surface area contributed by atoms with Gasteiger partial charge in [-0.15, -0.1) is 0 Å². The summed E-state index contributed by atoms with van der Waals surface area (Å²) in [4.78, 5) is 16.8. The Balaban J connectivity index is 1.46. The van der Waals surface area contributed by atoms with Crippen molar-refractivity contribution in [3.63, 3.8) is 0 Å². The van der Waals surface area contributed by atoms with Crippen molar-refractivity contribution >= 4 is 17.4 Å². The van der Waals surface area contributed by atoms with Gasteiger partial charge in [0.15, 0.2) is 0 Å². The fourth-order valence-corrected chi connectivity index (χ4v) is 4.62. The van der Waals surface area contributed by atoms with Crippen LogP contribution in [0.2, 0.25) is 0 Å². The molecule has 166 valence electrons. The molecule has 2 aromatic carbocycles. The molecule has 0 saturated carbocycles. The molecule has 0 radical (unpaired) electrons. The second kappa shape index (κ2) is 9.14. The molecule has 2 aliphatic heterocycles. The minimum Gasteiger partial charge on any atom is -0.497 e. The predicted molar refractivity (Wildman–Crippen MR) is 119 cm³/mol. The van der Waals surface area contributed by atoms with E-state index in [1.165, 1.54) is 6.07 Å². The predicted octanol–water partition coefficient (Wildman–Crippen LogP) is 4.82. The fourth-order valence-electron chi connectivity index (χ4n) is 4.62. The first-order valence-electron chi connectivity index (χ1n) is 10.9. The van der Waals surface area contributed by atoms with Crippen LogP contribution >= 0.6 is 0 Å². The van der Waals surface area contributed by atoms with Gasteiger partial charge in [-0.2, -0.15) is 0 Å². The minimum atomic E-state index is -0.343. The van der Waals surface area contributed by atoms with Crippen molar-refractivity contribution in [2.24, 2.45) is 0 Å². The maximum absolute atomic E-state index is 14.9. The van der Waals surface area contributed by atoms with Crippen molar-refractivity contribution in [3.8, 4) is 5.75 Å². The Labute approximate surface area is 182 Å². The number of nitrogens with one attached hydrogen (secondary N) is 1. The quantitative estimate of drug-likeness (QED) is 0.760. The van der Waals surface area contributed by atoms with E-state index in [0.717, 1.165) is 24.2 Å². The van der Waals surface area contributed by atoms with Crippen LogP contribution in [-0.4, -0.2) is 49.9 Å². The highest BCUT2D eigenvalue weighted by Gasteiger charge is 2.30. The number of likely N-dealkylation sites (tertiary alicyclic amines) is 1. The van der Waals surface area contributed by atoms with E-state index in [9.17, 15) is 9.18 Å². The molecule has 2 heterocycles. The molecule has 0 bridgehead atoms. The molecule has 0 aromatic heterocycles. The number of methoxy groups -OCH3 is 1. The highest BCUT2D eigenvalue weighted by Crippen LogP contribution is 2.34. The lowest BCUT2D eigenvalue weighted by molar-refractivity contribution is -0.00539. The van der Waals surface area contributed by atoms with E-state index in [4.69, 9.17) is 9.47 Å². The number of carbonyl (C=O) groups excluding carboxylic acids is 1. The first-order valence-corrected chi connectivity index (χ1v) is 10.9. The van der Waals surface area contributed by atoms with Crippen LogP contribution in [0.15, 0.2) is 42.5 Å². The molecule has 31 heavy (non-hydrogen) atoms. The zero-order valence-corrected chi connectivity index (χ0v) is 18.3. The molecule has 3 unspecified atom stereocenters. The van der Waals surface area contributed by atoms with Crippen LogP contribution in [0.5, 0.6) is 5.75 Å². The lowest BCUT2D eigenvalue weighted by atomic mass is 10.0. The van der Waals surface area contributed by atoms with Crippen LogP contribution in [-0.2, 0) is 4.74 Å². The van der Waals surface area contributed by atoms with E-state index < -0.39 is 0 Å². The number of anilines is 2. The van der Waals surface area contributed by atoms with Crippen molar-refractivity contribution in [2.45, 2.75) is 44.9 Å². The van der Waals surface area contributed by atoms with Gasteiger partial charge in [-0.05, 0) is 62.6 Å². The van der Waals surface area contributed by atoms with Crippen LogP contribution in [0.4, 0.5) is 20.6 Å². The number of morpholine rings is 1. The van der Waals surface area contributed by atoms with Crippen molar-refractivity contribution in [3.05, 3.63) is 53.8 Å². The standard InChI is InChI=1S/C24H30FN3O3/c1-16-14-27(15-17(2)31-16)23-10-9-19(13-21(23)25)26-24(29)28-11-5-8-22(28)18-6-4-7-20(12-18)30-3/h4,6-7,9-10,12-13,16-17,22H,5,8,11,14-15H2,1-3H3,(H,26,29). The van der Waals surface area contributed by atoms with Gasteiger partial charge in [0.1, 0.15) is 11.6 Å². The normalized spacial score (nSPS) is 23.7. The van der Waals surface area contributed by atoms with Gasteiger partial charge < -0.3 is 24.6 Å². The molecular formula is C24H30FN3O3. The third-order valence-electron chi connectivity index (χ3n) is 5.95. The summed E-state index contributed by atoms with van der Waals surface area (Å²) < 4.78 is 25.9. The Morgan fingerprint density at radius 2 is 1.94 bits per heavy atom. The number of halogens is 1. The highest BCUT2D eigenvalue weighted by molar-refractivity contribution is 5.90. The summed E-state index contributed by atoms with van der Waals surface area (Å²) in [5.74, 6) is 0.430. The van der Waals surface area contributed by atoms with Gasteiger partial charge in [-0.1, -0.05) is 12.1 Å². The van der Waals surface area contributed by atoms with E-state index in [1.54, 1.807) is 19.2 Å². The van der Waals surface area contributed by atoms with Crippen LogP contribution < -0.4 is 15.0 Å². The van der Waals surface area contributed by atoms with Gasteiger partial charge in [0.05, 0.1) is 31.0 Å². The molecule has 2 saturated heterocycles. The number of amides is 2. The largest absolute Gasteiger partial charge is 0.497 e. The average molecular weight is 428 g/mol. The molecule has 3 atom stereocenters. The third kappa shape index (κ3) is 4.77. The summed E-state index contributed by atoms with van der Waals surface area (Å²) in [6.07, 6.45) is 1.91. The molecule has 0 spiro atoms. The summed E-state index contributed by atoms with van der Waals surface area (Å²) in [7, 11) is 1.63. The Kier molecular flexibility index (Phi) is 6.32. The SMILES string of the molecule is COc1cccc(C2CCCN2C(=O)Nc2ccc(N3CC(C)OC(C)C3)c(F)c2)c1. The topological polar surface area (TPSA) is 54.0 Å². The lowest BCUT2D eigenvalue weighted by Crippen LogP contribution is -2.45. The fraction of sp³-hybridized carbons (Fsp3) is 0.458. The molecular weight excluding hydrogens is 397 g/mol. The number of hydrogen-bond acceptors (Lipinski definition) is 4. The van der Waals surface area contributed by atoms with Gasteiger partial charge in [-0.25, -0.2) is 9.18 Å². The van der Waals surface area contributed by atoms with Crippen molar-refractivity contribution in [2.75, 3.05) is 37.0 Å². The second-order valence-electron chi connectivity index (χ2n) is 8.39. The van der Waals surface area contributed by atoms with Gasteiger partial charge in [-0.3, -0.25) is 0 Å². The molecule has 2 amide bonds. The minimum absolute atomic E-state index is 0.0180. The molecule has 1 N–H and O–H groups in total. The first-order chi connectivity index (χ1) is 14.9. The molecule has 2 fully saturated rings. The smallest absolute Gasteiger partial charge is 0.322 e. The Morgan fingerprint density at radius 1 is 1.16 bits per heavy atom. The maximum Gasteiger partial charge on any atom is 0.322 e. The Hall–Kier alpha value is -2.80. The summed E-state index contributed by atoms with van der Waals surface area (Å²) in [6, 6.07) is 12.5. The van der Waals surface area contributed by atoms with E-state index in [0.29, 0.717) is 31.0 Å². The van der Waals surface area contributed by atoms with Crippen LogP contribution in [0.3, 0.4) is 0 Å². The van der Waals surface area contributed by atoms with Gasteiger partial charge >= 0.3 is 6.03 Å². The van der Waals surface area contributed by atoms with Crippen LogP contribution in [0.25, 0.3) is 0 Å². The van der Waals surface area contributed by atoms with Crippen molar-refractivity contribution in [1.29, 1.82) is 0 Å². The van der Waals surface area contributed by atoms with E-state index in [1.807, 2.05) is 47.9 Å². The van der Waals surface area contributed by atoms with Crippen molar-refractivity contribution < 1.29 is 18.7 Å². The summed E-state index contributed by atoms with van der Waals surface area (Å²) in [5.41, 5.74) is 2.04. The zero-order valence-electron chi connectivity index (χ0n) is 18.3. The van der Waals surface area contributed by atoms with Gasteiger partial charge in [0, 0.05) is 25.3 Å². The number of nitrogens with zero attached hydrogens (tertiary/aromatic N) is 2. The number of carbonyl (C=O) groups is 1. The van der Waals surface area contributed by atoms with Gasteiger partial charge in [0.25, 0.3) is 0 Å². The van der Waals surface area contributed by atoms with E-state index >= 15 is 0 Å². The molecule has 2 aliphatic rings. The number of benzene rings is 2. The number of ether oxygens (including phenoxy) is 2. The first kappa shape index (κ1) is 21.4. The van der Waals surface area contributed by atoms with Gasteiger partial charge in [0.2, 0.25) is 0 Å². The number of hydrogen-bond donors (Lipinski definition) is 1. The van der Waals surface area contributed by atoms with Crippen LogP contribution in [0, 0.1) is 5.82 Å². The zero-order chi connectivity index (χ0) is 22.0. The van der Waals surface area contributed by atoms with E-state index in [-0.39, 0.29) is 30.1 Å². The van der Waals surface area contributed by atoms with E-state index in [2.05, 4.69) is 5.32 Å². The monoisotopic (exact) mass is 427 g/mol. The summed E-state index contributed by atoms with van der Waals surface area (Å²) in [6.45, 7) is 5.93. The summed E-state index contributed by atoms with van der Waals surface area (Å²) >= 11 is 0. The molecule has 0 aliphatic carbocycles. The number of urea groups is 1. The molecule has 6 nitrogen and oxygen atoms in total. The Bertz CT molecular complexity index is 928. The number of rotatable bonds is 4. The van der Waals surface area contributed by atoms with Crippen LogP contribution in [0.1, 0.15) is 38.3 Å².